The predicted octanol–water partition coefficient (Wildman–Crippen LogP) is 1.99. The van der Waals surface area contributed by atoms with Crippen LogP contribution in [0.25, 0.3) is 28.7 Å². The maximum absolute atomic E-state index is 12.0. The van der Waals surface area contributed by atoms with Gasteiger partial charge in [-0.05, 0) is 48.0 Å². The van der Waals surface area contributed by atoms with Crippen LogP contribution in [0.5, 0.6) is 23.0 Å². The molecule has 42 heavy (non-hydrogen) atoms. The fourth-order valence-electron chi connectivity index (χ4n) is 4.62. The lowest BCUT2D eigenvalue weighted by atomic mass is 9.88. The maximum atomic E-state index is 12.0. The number of phenols is 4. The van der Waals surface area contributed by atoms with Crippen LogP contribution >= 0.6 is 0 Å². The van der Waals surface area contributed by atoms with Gasteiger partial charge in [-0.1, -0.05) is 12.1 Å². The Balaban J connectivity index is 1.47. The molecule has 3 aliphatic rings. The Bertz CT molecular complexity index is 1660. The Hall–Kier alpha value is -4.88. The van der Waals surface area contributed by atoms with E-state index in [1.807, 2.05) is 0 Å². The quantitative estimate of drug-likeness (QED) is 0.0759. The minimum Gasteiger partial charge on any atom is -0.508 e. The van der Waals surface area contributed by atoms with Gasteiger partial charge < -0.3 is 54.4 Å². The highest BCUT2D eigenvalue weighted by Gasteiger charge is 2.47. The first kappa shape index (κ1) is 28.6. The molecular weight excluding hydrogens is 552 g/mol. The molecule has 2 aromatic carbocycles. The Kier molecular flexibility index (Phi) is 7.87. The van der Waals surface area contributed by atoms with E-state index in [1.165, 1.54) is 48.6 Å². The van der Waals surface area contributed by atoms with E-state index in [-0.39, 0.29) is 34.0 Å². The number of rotatable bonds is 6. The summed E-state index contributed by atoms with van der Waals surface area (Å²) < 4.78 is 17.2. The van der Waals surface area contributed by atoms with Crippen LogP contribution in [0.4, 0.5) is 0 Å². The molecule has 0 saturated carbocycles. The summed E-state index contributed by atoms with van der Waals surface area (Å²) in [5.74, 6) is -1.87. The monoisotopic (exact) mass is 579 g/mol. The van der Waals surface area contributed by atoms with Crippen LogP contribution in [0.3, 0.4) is 0 Å². The first-order valence-electron chi connectivity index (χ1n) is 12.7. The number of fused-ring (bicyclic) bond motifs is 1. The van der Waals surface area contributed by atoms with E-state index < -0.39 is 65.8 Å². The highest BCUT2D eigenvalue weighted by Crippen LogP contribution is 2.44. The van der Waals surface area contributed by atoms with Gasteiger partial charge in [0.15, 0.2) is 16.9 Å². The van der Waals surface area contributed by atoms with Crippen molar-refractivity contribution < 1.29 is 54.4 Å². The van der Waals surface area contributed by atoms with E-state index in [1.54, 1.807) is 12.1 Å². The standard InChI is InChI=1S/C30H26O12/c31-16-5-1-14(2-6-16)3-8-25(36)40-13-24-26(37)27(38)28(39)30(42-24)19-12-18-21(34)10-17(32)11-23(18)41-29(19)15-4-7-20(33)22(35)9-15/h1-12,24,26-28,30-31,33-35,37-39H,13H2/p+1/t24-,26+,27+,28-,30+/m1/s1. The number of phenolic OH excluding ortho intramolecular Hbond substituents is 4. The Labute approximate surface area is 237 Å². The highest BCUT2D eigenvalue weighted by atomic mass is 16.6. The molecule has 5 atom stereocenters. The molecule has 0 aromatic heterocycles. The number of esters is 1. The molecule has 8 N–H and O–H groups in total. The van der Waals surface area contributed by atoms with Crippen LogP contribution < -0.4 is 5.43 Å². The van der Waals surface area contributed by atoms with Crippen LogP contribution in [0.2, 0.25) is 0 Å². The molecule has 0 radical (unpaired) electrons. The first-order valence-corrected chi connectivity index (χ1v) is 12.7. The molecule has 0 amide bonds. The van der Waals surface area contributed by atoms with Gasteiger partial charge in [0.2, 0.25) is 6.61 Å². The minimum absolute atomic E-state index is 0.0305. The van der Waals surface area contributed by atoms with Gasteiger partial charge in [0, 0.05) is 23.3 Å². The number of aromatic hydroxyl groups is 4. The summed E-state index contributed by atoms with van der Waals surface area (Å²) in [7, 11) is 0. The number of hydrogen-bond acceptors (Lipinski definition) is 11. The molecule has 12 heteroatoms. The van der Waals surface area contributed by atoms with Crippen LogP contribution in [-0.2, 0) is 9.47 Å². The van der Waals surface area contributed by atoms with E-state index in [9.17, 15) is 45.3 Å². The fourth-order valence-corrected chi connectivity index (χ4v) is 4.62. The summed E-state index contributed by atoms with van der Waals surface area (Å²) in [5, 5.41) is 71.9. The number of hydrogen-bond donors (Lipinski definition) is 7. The zero-order chi connectivity index (χ0) is 30.1. The molecule has 2 aliphatic heterocycles. The SMILES string of the molecule is O=c1cc2oc(-c3ccc(O)c(O)c3)c([C@@H]3O[C@H](COC(=[OH+])C=Cc4ccc(O)cc4)[C@H](O)[C@H](O)[C@H]3O)cc-2c(O)c1. The van der Waals surface area contributed by atoms with Crippen molar-refractivity contribution in [2.45, 2.75) is 30.5 Å². The zero-order valence-electron chi connectivity index (χ0n) is 21.7. The average Bonchev–Trinajstić information content (AvgIpc) is 2.96. The third-order valence-electron chi connectivity index (χ3n) is 6.83. The van der Waals surface area contributed by atoms with E-state index in [4.69, 9.17) is 13.9 Å². The molecule has 1 saturated heterocycles. The smallest absolute Gasteiger partial charge is 0.508 e. The number of aliphatic hydroxyl groups excluding tert-OH is 3. The van der Waals surface area contributed by atoms with Crippen LogP contribution in [0.1, 0.15) is 17.2 Å². The number of carbonyl (C=O) groups excluding carboxylic acids is 1. The summed E-state index contributed by atoms with van der Waals surface area (Å²) in [6, 6.07) is 13.3. The highest BCUT2D eigenvalue weighted by molar-refractivity contribution is 5.88. The van der Waals surface area contributed by atoms with Crippen molar-refractivity contribution in [1.82, 2.24) is 0 Å². The lowest BCUT2D eigenvalue weighted by Gasteiger charge is -2.40. The van der Waals surface area contributed by atoms with Gasteiger partial charge in [0.25, 0.3) is 0 Å². The second-order valence-corrected chi connectivity index (χ2v) is 9.73. The lowest BCUT2D eigenvalue weighted by molar-refractivity contribution is -0.231. The fraction of sp³-hybridized carbons (Fsp3) is 0.200. The largest absolute Gasteiger partial charge is 0.510 e. The van der Waals surface area contributed by atoms with Crippen LogP contribution in [0, 0.1) is 0 Å². The van der Waals surface area contributed by atoms with Crippen molar-refractivity contribution in [3.63, 3.8) is 0 Å². The Morgan fingerprint density at radius 1 is 0.857 bits per heavy atom. The predicted molar refractivity (Wildman–Crippen MR) is 148 cm³/mol. The van der Waals surface area contributed by atoms with Crippen molar-refractivity contribution in [2.24, 2.45) is 0 Å². The van der Waals surface area contributed by atoms with E-state index in [0.717, 1.165) is 12.1 Å². The van der Waals surface area contributed by atoms with Crippen molar-refractivity contribution in [2.75, 3.05) is 6.61 Å². The van der Waals surface area contributed by atoms with Gasteiger partial charge >= 0.3 is 5.97 Å². The number of aliphatic hydroxyl groups is 3. The van der Waals surface area contributed by atoms with Crippen molar-refractivity contribution in [1.29, 1.82) is 0 Å². The summed E-state index contributed by atoms with van der Waals surface area (Å²) in [6.45, 7) is -0.460. The van der Waals surface area contributed by atoms with E-state index >= 15 is 0 Å². The van der Waals surface area contributed by atoms with Gasteiger partial charge in [-0.3, -0.25) is 4.79 Å². The molecule has 2 heterocycles. The Morgan fingerprint density at radius 3 is 2.31 bits per heavy atom. The summed E-state index contributed by atoms with van der Waals surface area (Å²) in [5.41, 5.74) is 0.427. The van der Waals surface area contributed by atoms with Crippen LogP contribution in [-0.4, -0.2) is 77.5 Å². The van der Waals surface area contributed by atoms with Crippen molar-refractivity contribution >= 4 is 12.0 Å². The van der Waals surface area contributed by atoms with Crippen molar-refractivity contribution in [3.8, 4) is 45.6 Å². The van der Waals surface area contributed by atoms with Crippen molar-refractivity contribution in [3.05, 3.63) is 88.1 Å². The third-order valence-corrected chi connectivity index (χ3v) is 6.83. The van der Waals surface area contributed by atoms with Gasteiger partial charge in [0.1, 0.15) is 53.5 Å². The third kappa shape index (κ3) is 5.78. The minimum atomic E-state index is -1.75. The maximum Gasteiger partial charge on any atom is 0.510 e. The number of ether oxygens (including phenoxy) is 2. The first-order chi connectivity index (χ1) is 20.0. The second kappa shape index (κ2) is 11.5. The molecular formula is C30H27O12+. The molecule has 12 nitrogen and oxygen atoms in total. The van der Waals surface area contributed by atoms with Crippen LogP contribution in [0.15, 0.2) is 76.0 Å². The molecule has 218 valence electrons. The average molecular weight is 580 g/mol. The number of benzene rings is 3. The summed E-state index contributed by atoms with van der Waals surface area (Å²) >= 11 is 0. The molecule has 1 fully saturated rings. The second-order valence-electron chi connectivity index (χ2n) is 9.73. The lowest BCUT2D eigenvalue weighted by Crippen LogP contribution is -2.55. The Morgan fingerprint density at radius 2 is 1.60 bits per heavy atom. The molecule has 0 spiro atoms. The van der Waals surface area contributed by atoms with Gasteiger partial charge in [-0.2, -0.15) is 0 Å². The molecule has 1 aliphatic carbocycles. The summed E-state index contributed by atoms with van der Waals surface area (Å²) in [4.78, 5) is 22.2. The van der Waals surface area contributed by atoms with Gasteiger partial charge in [-0.15, -0.1) is 0 Å². The molecule has 0 unspecified atom stereocenters. The summed E-state index contributed by atoms with van der Waals surface area (Å²) in [6.07, 6.45) is -5.06. The van der Waals surface area contributed by atoms with E-state index in [0.29, 0.717) is 5.56 Å². The molecule has 0 bridgehead atoms. The normalized spacial score (nSPS) is 22.4. The van der Waals surface area contributed by atoms with E-state index in [2.05, 4.69) is 0 Å². The zero-order valence-corrected chi connectivity index (χ0v) is 21.7. The van der Waals surface area contributed by atoms with Gasteiger partial charge in [-0.25, -0.2) is 0 Å². The topological polar surface area (TPSA) is 212 Å². The molecule has 2 aromatic rings. The van der Waals surface area contributed by atoms with Gasteiger partial charge in [0.05, 0.1) is 11.6 Å². The molecule has 5 rings (SSSR count).